The summed E-state index contributed by atoms with van der Waals surface area (Å²) in [5.41, 5.74) is -2.45. The van der Waals surface area contributed by atoms with E-state index in [1.165, 1.54) is 0 Å². The number of hydrogen-bond acceptors (Lipinski definition) is 11. The summed E-state index contributed by atoms with van der Waals surface area (Å²) in [6, 6.07) is 0. The Balaban J connectivity index is 2.65. The molecule has 14 heteroatoms. The zero-order valence-electron chi connectivity index (χ0n) is 17.5. The highest BCUT2D eigenvalue weighted by molar-refractivity contribution is 5.68. The fraction of sp³-hybridized carbons (Fsp3) is 0.556. The van der Waals surface area contributed by atoms with Crippen molar-refractivity contribution in [2.24, 2.45) is 0 Å². The average molecular weight is 460 g/mol. The van der Waals surface area contributed by atoms with Gasteiger partial charge in [-0.05, 0) is 0 Å². The van der Waals surface area contributed by atoms with Crippen molar-refractivity contribution in [3.8, 4) is 0 Å². The summed E-state index contributed by atoms with van der Waals surface area (Å²) in [6.07, 6.45) is -7.14. The molecule has 0 saturated carbocycles. The number of hydrogen-bond donors (Lipinski definition) is 1. The molecule has 0 aromatic carbocycles. The van der Waals surface area contributed by atoms with Gasteiger partial charge in [0.15, 0.2) is 24.5 Å². The second kappa shape index (κ2) is 10.2. The van der Waals surface area contributed by atoms with E-state index >= 15 is 0 Å². The number of nitrogens with one attached hydrogen (secondary N) is 1. The molecular weight excluding hydrogens is 439 g/mol. The third-order valence-electron chi connectivity index (χ3n) is 4.16. The van der Waals surface area contributed by atoms with Crippen LogP contribution in [0.3, 0.4) is 0 Å². The lowest BCUT2D eigenvalue weighted by atomic mass is 9.97. The van der Waals surface area contributed by atoms with Gasteiger partial charge < -0.3 is 23.7 Å². The van der Waals surface area contributed by atoms with E-state index in [2.05, 4.69) is 0 Å². The van der Waals surface area contributed by atoms with E-state index in [-0.39, 0.29) is 0 Å². The summed E-state index contributed by atoms with van der Waals surface area (Å²) in [5, 5.41) is 0. The van der Waals surface area contributed by atoms with Gasteiger partial charge in [-0.1, -0.05) is 0 Å². The smallest absolute Gasteiger partial charge is 0.330 e. The number of carbonyl (C=O) groups is 4. The van der Waals surface area contributed by atoms with Crippen molar-refractivity contribution in [2.75, 3.05) is 6.61 Å². The van der Waals surface area contributed by atoms with E-state index in [1.807, 2.05) is 0 Å². The number of nitrogens with zero attached hydrogens (tertiary/aromatic N) is 1. The van der Waals surface area contributed by atoms with Crippen LogP contribution in [0.15, 0.2) is 15.8 Å². The molecule has 13 nitrogen and oxygen atoms in total. The third-order valence-corrected chi connectivity index (χ3v) is 4.16. The first-order valence-corrected chi connectivity index (χ1v) is 9.22. The van der Waals surface area contributed by atoms with Crippen LogP contribution >= 0.6 is 0 Å². The third kappa shape index (κ3) is 6.00. The number of aromatic nitrogens is 2. The molecule has 1 saturated heterocycles. The minimum atomic E-state index is -1.67. The van der Waals surface area contributed by atoms with Crippen molar-refractivity contribution in [2.45, 2.75) is 58.3 Å². The Kier molecular flexibility index (Phi) is 7.86. The number of aromatic amines is 1. The molecule has 0 unspecified atom stereocenters. The van der Waals surface area contributed by atoms with Gasteiger partial charge in [0.1, 0.15) is 12.7 Å². The monoisotopic (exact) mass is 460 g/mol. The fourth-order valence-corrected chi connectivity index (χ4v) is 3.08. The van der Waals surface area contributed by atoms with Crippen molar-refractivity contribution >= 4 is 23.9 Å². The molecule has 176 valence electrons. The van der Waals surface area contributed by atoms with E-state index in [9.17, 15) is 33.2 Å². The van der Waals surface area contributed by atoms with Crippen LogP contribution in [0.2, 0.25) is 0 Å². The van der Waals surface area contributed by atoms with E-state index in [1.54, 1.807) is 4.98 Å². The maximum Gasteiger partial charge on any atom is 0.330 e. The molecule has 1 aliphatic heterocycles. The van der Waals surface area contributed by atoms with E-state index in [0.29, 0.717) is 10.8 Å². The van der Waals surface area contributed by atoms with Crippen LogP contribution in [0.25, 0.3) is 0 Å². The predicted octanol–water partition coefficient (Wildman–Crippen LogP) is -1.07. The zero-order valence-corrected chi connectivity index (χ0v) is 17.5. The largest absolute Gasteiger partial charge is 0.463 e. The topological polar surface area (TPSA) is 169 Å². The van der Waals surface area contributed by atoms with E-state index in [4.69, 9.17) is 23.7 Å². The van der Waals surface area contributed by atoms with Gasteiger partial charge in [-0.2, -0.15) is 4.39 Å². The van der Waals surface area contributed by atoms with Crippen LogP contribution in [0.1, 0.15) is 33.9 Å². The quantitative estimate of drug-likeness (QED) is 0.405. The average Bonchev–Trinajstić information content (AvgIpc) is 2.65. The molecule has 0 aliphatic carbocycles. The van der Waals surface area contributed by atoms with Crippen LogP contribution in [-0.4, -0.2) is 64.5 Å². The van der Waals surface area contributed by atoms with Crippen molar-refractivity contribution in [1.82, 2.24) is 9.55 Å². The summed E-state index contributed by atoms with van der Waals surface area (Å²) in [7, 11) is 0. The van der Waals surface area contributed by atoms with Gasteiger partial charge >= 0.3 is 29.6 Å². The molecule has 1 fully saturated rings. The number of carbonyl (C=O) groups excluding carboxylic acids is 4. The number of H-pyrrole nitrogens is 1. The summed E-state index contributed by atoms with van der Waals surface area (Å²) in [5.74, 6) is -4.71. The minimum absolute atomic E-state index is 0.502. The first-order valence-electron chi connectivity index (χ1n) is 9.22. The number of esters is 4. The molecule has 1 aromatic rings. The van der Waals surface area contributed by atoms with Crippen molar-refractivity contribution in [3.05, 3.63) is 32.9 Å². The Morgan fingerprint density at radius 1 is 0.938 bits per heavy atom. The number of halogens is 1. The Morgan fingerprint density at radius 2 is 1.47 bits per heavy atom. The Bertz CT molecular complexity index is 1020. The van der Waals surface area contributed by atoms with Crippen LogP contribution in [-0.2, 0) is 42.9 Å². The van der Waals surface area contributed by atoms with Gasteiger partial charge in [-0.3, -0.25) is 33.5 Å². The standard InChI is InChI=1S/C18H21FN2O11/c1-7(22)28-6-12-13(29-8(2)23)14(30-9(3)24)15(31-10(4)25)17(32-12)21-5-11(19)16(26)20-18(21)27/h5,12-15,17H,6H2,1-4H3,(H,20,26,27)/t12-,13-,14-,15-,17+/m0/s1. The lowest BCUT2D eigenvalue weighted by molar-refractivity contribution is -0.269. The van der Waals surface area contributed by atoms with Crippen molar-refractivity contribution < 1.29 is 47.3 Å². The molecule has 0 amide bonds. The second-order valence-electron chi connectivity index (χ2n) is 6.73. The van der Waals surface area contributed by atoms with E-state index in [0.717, 1.165) is 27.7 Å². The Hall–Kier alpha value is -3.55. The predicted molar refractivity (Wildman–Crippen MR) is 98.5 cm³/mol. The van der Waals surface area contributed by atoms with Gasteiger partial charge in [-0.25, -0.2) is 4.79 Å². The van der Waals surface area contributed by atoms with Crippen LogP contribution in [0, 0.1) is 5.82 Å². The Morgan fingerprint density at radius 3 is 2.00 bits per heavy atom. The second-order valence-corrected chi connectivity index (χ2v) is 6.73. The summed E-state index contributed by atoms with van der Waals surface area (Å²) in [4.78, 5) is 71.9. The molecule has 1 aromatic heterocycles. The van der Waals surface area contributed by atoms with Crippen LogP contribution in [0.5, 0.6) is 0 Å². The van der Waals surface area contributed by atoms with E-state index < -0.39 is 78.2 Å². The minimum Gasteiger partial charge on any atom is -0.463 e. The van der Waals surface area contributed by atoms with Crippen molar-refractivity contribution in [1.29, 1.82) is 0 Å². The highest BCUT2D eigenvalue weighted by Crippen LogP contribution is 2.34. The van der Waals surface area contributed by atoms with Gasteiger partial charge in [-0.15, -0.1) is 0 Å². The maximum absolute atomic E-state index is 13.9. The molecule has 32 heavy (non-hydrogen) atoms. The van der Waals surface area contributed by atoms with Gasteiger partial charge in [0.05, 0.1) is 6.20 Å². The van der Waals surface area contributed by atoms with Gasteiger partial charge in [0.25, 0.3) is 5.56 Å². The highest BCUT2D eigenvalue weighted by Gasteiger charge is 2.53. The number of ether oxygens (including phenoxy) is 5. The molecule has 2 heterocycles. The van der Waals surface area contributed by atoms with Gasteiger partial charge in [0, 0.05) is 27.7 Å². The normalized spacial score (nSPS) is 24.8. The molecule has 0 bridgehead atoms. The Labute approximate surface area is 179 Å². The fourth-order valence-electron chi connectivity index (χ4n) is 3.08. The lowest BCUT2D eigenvalue weighted by Gasteiger charge is -2.44. The maximum atomic E-state index is 13.9. The molecule has 2 rings (SSSR count). The molecule has 1 N–H and O–H groups in total. The zero-order chi connectivity index (χ0) is 24.2. The summed E-state index contributed by atoms with van der Waals surface area (Å²) in [6.45, 7) is 3.63. The summed E-state index contributed by atoms with van der Waals surface area (Å²) < 4.78 is 40.6. The molecule has 0 spiro atoms. The SMILES string of the molecule is CC(=O)OC[C@@H]1O[C@@H](n2cc(F)c(=O)[nH]c2=O)[C@@H](OC(C)=O)[C@@H](OC(C)=O)[C@H]1OC(C)=O. The van der Waals surface area contributed by atoms with Crippen LogP contribution < -0.4 is 11.2 Å². The van der Waals surface area contributed by atoms with Crippen molar-refractivity contribution in [3.63, 3.8) is 0 Å². The molecule has 0 radical (unpaired) electrons. The number of rotatable bonds is 6. The first-order chi connectivity index (χ1) is 14.9. The first kappa shape index (κ1) is 24.7. The molecular formula is C18H21FN2O11. The summed E-state index contributed by atoms with van der Waals surface area (Å²) >= 11 is 0. The lowest BCUT2D eigenvalue weighted by Crippen LogP contribution is -2.61. The molecule has 5 atom stereocenters. The molecule has 1 aliphatic rings. The van der Waals surface area contributed by atoms with Gasteiger partial charge in [0.2, 0.25) is 5.82 Å². The highest BCUT2D eigenvalue weighted by atomic mass is 19.1. The van der Waals surface area contributed by atoms with Crippen LogP contribution in [0.4, 0.5) is 4.39 Å².